The highest BCUT2D eigenvalue weighted by atomic mass is 32.2. The highest BCUT2D eigenvalue weighted by molar-refractivity contribution is 7.86. The van der Waals surface area contributed by atoms with E-state index in [0.717, 1.165) is 0 Å². The highest BCUT2D eigenvalue weighted by Gasteiger charge is 2.36. The predicted octanol–water partition coefficient (Wildman–Crippen LogP) is 5.48. The van der Waals surface area contributed by atoms with Crippen molar-refractivity contribution in [2.24, 2.45) is 0 Å². The van der Waals surface area contributed by atoms with Crippen molar-refractivity contribution in [1.82, 2.24) is 0 Å². The van der Waals surface area contributed by atoms with Crippen LogP contribution >= 0.6 is 7.26 Å². The van der Waals surface area contributed by atoms with Gasteiger partial charge in [0.05, 0.1) is 24.6 Å². The van der Waals surface area contributed by atoms with Gasteiger partial charge >= 0.3 is 5.51 Å². The van der Waals surface area contributed by atoms with Crippen LogP contribution in [0.15, 0.2) is 0 Å². The summed E-state index contributed by atoms with van der Waals surface area (Å²) in [5, 5.41) is 0. The molecule has 0 N–H and O–H groups in total. The minimum atomic E-state index is -6.09. The van der Waals surface area contributed by atoms with Gasteiger partial charge in [0.25, 0.3) is 0 Å². The zero-order valence-electron chi connectivity index (χ0n) is 14.8. The molecule has 0 aromatic carbocycles. The van der Waals surface area contributed by atoms with Crippen LogP contribution in [0.2, 0.25) is 0 Å². The van der Waals surface area contributed by atoms with Gasteiger partial charge in [-0.05, 0) is 33.6 Å². The first-order valence-corrected chi connectivity index (χ1v) is 12.3. The molecule has 0 radical (unpaired) electrons. The number of hydrogen-bond donors (Lipinski definition) is 0. The van der Waals surface area contributed by atoms with Crippen molar-refractivity contribution in [2.75, 3.05) is 24.6 Å². The normalized spacial score (nSPS) is 12.7. The lowest BCUT2D eigenvalue weighted by Gasteiger charge is -2.23. The van der Waals surface area contributed by atoms with Crippen LogP contribution < -0.4 is 0 Å². The predicted molar refractivity (Wildman–Crippen MR) is 92.5 cm³/mol. The van der Waals surface area contributed by atoms with Gasteiger partial charge < -0.3 is 4.55 Å². The second-order valence-electron chi connectivity index (χ2n) is 5.68. The van der Waals surface area contributed by atoms with Gasteiger partial charge in [-0.25, -0.2) is 8.42 Å². The molecule has 23 heavy (non-hydrogen) atoms. The zero-order valence-corrected chi connectivity index (χ0v) is 16.5. The van der Waals surface area contributed by atoms with Crippen LogP contribution in [-0.4, -0.2) is 43.1 Å². The van der Waals surface area contributed by atoms with Crippen LogP contribution in [0.4, 0.5) is 13.2 Å². The molecular formula is C15H32F3O3PS. The van der Waals surface area contributed by atoms with Gasteiger partial charge in [-0.2, -0.15) is 13.2 Å². The maximum absolute atomic E-state index is 10.7. The lowest BCUT2D eigenvalue weighted by atomic mass is 10.1. The first-order chi connectivity index (χ1) is 10.5. The first kappa shape index (κ1) is 25.4. The fourth-order valence-corrected chi connectivity index (χ4v) is 5.56. The molecule has 142 valence electrons. The van der Waals surface area contributed by atoms with E-state index >= 15 is 0 Å². The maximum Gasteiger partial charge on any atom is 0.485 e. The summed E-state index contributed by atoms with van der Waals surface area (Å²) in [4.78, 5) is 0. The molecular weight excluding hydrogens is 348 g/mol. The van der Waals surface area contributed by atoms with Crippen LogP contribution in [0.1, 0.15) is 66.2 Å². The van der Waals surface area contributed by atoms with E-state index in [-0.39, 0.29) is 0 Å². The van der Waals surface area contributed by atoms with Gasteiger partial charge in [0.2, 0.25) is 0 Å². The van der Waals surface area contributed by atoms with Crippen molar-refractivity contribution in [3.05, 3.63) is 0 Å². The molecule has 0 heterocycles. The summed E-state index contributed by atoms with van der Waals surface area (Å²) in [5.74, 6) is 0. The molecule has 0 rings (SSSR count). The molecule has 0 aliphatic rings. The van der Waals surface area contributed by atoms with E-state index in [4.69, 9.17) is 13.0 Å². The maximum atomic E-state index is 10.7. The van der Waals surface area contributed by atoms with Crippen molar-refractivity contribution < 1.29 is 26.1 Å². The number of hydrogen-bond acceptors (Lipinski definition) is 3. The average Bonchev–Trinajstić information content (AvgIpc) is 2.46. The van der Waals surface area contributed by atoms with Gasteiger partial charge in [0.1, 0.15) is 0 Å². The standard InChI is InChI=1S/C14H32P.CHF3O3S/c1-5-9-10-11-12-13-14-15(6-2,7-3)8-4;2-1(3,4)8(5,6)7/h5-14H2,1-4H3;(H,5,6,7)/q+1;/p-1. The highest BCUT2D eigenvalue weighted by Crippen LogP contribution is 2.58. The molecule has 0 saturated carbocycles. The summed E-state index contributed by atoms with van der Waals surface area (Å²) >= 11 is 0. The Morgan fingerprint density at radius 2 is 1.17 bits per heavy atom. The second kappa shape index (κ2) is 12.5. The van der Waals surface area contributed by atoms with Crippen molar-refractivity contribution >= 4 is 17.4 Å². The van der Waals surface area contributed by atoms with E-state index in [1.54, 1.807) is 6.16 Å². The summed E-state index contributed by atoms with van der Waals surface area (Å²) in [6.45, 7) is 9.54. The largest absolute Gasteiger partial charge is 0.741 e. The first-order valence-electron chi connectivity index (χ1n) is 8.36. The van der Waals surface area contributed by atoms with Gasteiger partial charge in [-0.1, -0.05) is 32.6 Å². The van der Waals surface area contributed by atoms with Gasteiger partial charge in [-0.15, -0.1) is 0 Å². The Hall–Kier alpha value is 0.130. The van der Waals surface area contributed by atoms with Crippen molar-refractivity contribution in [2.45, 2.75) is 71.7 Å². The number of alkyl halides is 3. The SMILES string of the molecule is CCCCCCCC[P+](CC)(CC)CC.O=S(=O)([O-])C(F)(F)F. The van der Waals surface area contributed by atoms with Gasteiger partial charge in [0.15, 0.2) is 10.1 Å². The van der Waals surface area contributed by atoms with Crippen LogP contribution in [0.5, 0.6) is 0 Å². The molecule has 8 heteroatoms. The molecule has 0 amide bonds. The van der Waals surface area contributed by atoms with Crippen LogP contribution in [0, 0.1) is 0 Å². The summed E-state index contributed by atoms with van der Waals surface area (Å²) in [6.07, 6.45) is 14.8. The second-order valence-corrected chi connectivity index (χ2v) is 12.1. The molecule has 0 bridgehead atoms. The average molecular weight is 380 g/mol. The monoisotopic (exact) mass is 380 g/mol. The Bertz CT molecular complexity index is 372. The van der Waals surface area contributed by atoms with Gasteiger partial charge in [-0.3, -0.25) is 0 Å². The van der Waals surface area contributed by atoms with Crippen LogP contribution in [-0.2, 0) is 10.1 Å². The topological polar surface area (TPSA) is 57.2 Å². The third-order valence-electron chi connectivity index (χ3n) is 4.28. The Balaban J connectivity index is 0. The Kier molecular flexibility index (Phi) is 13.8. The molecule has 0 fully saturated rings. The lowest BCUT2D eigenvalue weighted by Crippen LogP contribution is -2.21. The summed E-state index contributed by atoms with van der Waals surface area (Å²) < 4.78 is 58.9. The lowest BCUT2D eigenvalue weighted by molar-refractivity contribution is -0.0517. The van der Waals surface area contributed by atoms with Crippen LogP contribution in [0.25, 0.3) is 0 Å². The van der Waals surface area contributed by atoms with Crippen LogP contribution in [0.3, 0.4) is 0 Å². The minimum absolute atomic E-state index is 0.494. The molecule has 3 nitrogen and oxygen atoms in total. The Morgan fingerprint density at radius 1 is 0.826 bits per heavy atom. The number of unbranched alkanes of at least 4 members (excludes halogenated alkanes) is 5. The van der Waals surface area contributed by atoms with E-state index in [1.165, 1.54) is 57.0 Å². The molecule has 0 saturated heterocycles. The van der Waals surface area contributed by atoms with Crippen molar-refractivity contribution in [3.8, 4) is 0 Å². The van der Waals surface area contributed by atoms with E-state index in [9.17, 15) is 13.2 Å². The fraction of sp³-hybridized carbons (Fsp3) is 1.00. The van der Waals surface area contributed by atoms with E-state index in [0.29, 0.717) is 0 Å². The minimum Gasteiger partial charge on any atom is -0.741 e. The van der Waals surface area contributed by atoms with Gasteiger partial charge in [0, 0.05) is 7.26 Å². The molecule has 0 aromatic rings. The molecule has 0 spiro atoms. The molecule has 0 unspecified atom stereocenters. The van der Waals surface area contributed by atoms with E-state index in [1.807, 2.05) is 0 Å². The van der Waals surface area contributed by atoms with Crippen molar-refractivity contribution in [3.63, 3.8) is 0 Å². The fourth-order valence-electron chi connectivity index (χ4n) is 2.37. The van der Waals surface area contributed by atoms with Crippen molar-refractivity contribution in [1.29, 1.82) is 0 Å². The Morgan fingerprint density at radius 3 is 1.48 bits per heavy atom. The smallest absolute Gasteiger partial charge is 0.485 e. The summed E-state index contributed by atoms with van der Waals surface area (Å²) in [7, 11) is -6.58. The van der Waals surface area contributed by atoms with E-state index < -0.39 is 22.9 Å². The zero-order chi connectivity index (χ0) is 18.6. The number of rotatable bonds is 10. The Labute approximate surface area is 140 Å². The number of halogens is 3. The molecule has 0 aliphatic carbocycles. The third-order valence-corrected chi connectivity index (χ3v) is 10.1. The summed E-state index contributed by atoms with van der Waals surface area (Å²) in [6, 6.07) is 0. The quantitative estimate of drug-likeness (QED) is 0.218. The van der Waals surface area contributed by atoms with E-state index in [2.05, 4.69) is 27.7 Å². The molecule has 0 aromatic heterocycles. The third kappa shape index (κ3) is 12.2. The summed E-state index contributed by atoms with van der Waals surface area (Å²) in [5.41, 5.74) is -5.65. The molecule has 0 atom stereocenters. The molecule has 0 aliphatic heterocycles.